The Morgan fingerprint density at radius 2 is 2.10 bits per heavy atom. The molecule has 1 N–H and O–H groups in total. The maximum Gasteiger partial charge on any atom is 0.334 e. The molecule has 1 aliphatic rings. The zero-order valence-corrected chi connectivity index (χ0v) is 11.2. The van der Waals surface area contributed by atoms with Gasteiger partial charge in [0, 0.05) is 19.2 Å². The monoisotopic (exact) mass is 279 g/mol. The number of morpholine rings is 1. The highest BCUT2D eigenvalue weighted by Crippen LogP contribution is 2.12. The fourth-order valence-electron chi connectivity index (χ4n) is 2.08. The van der Waals surface area contributed by atoms with E-state index in [2.05, 4.69) is 0 Å². The quantitative estimate of drug-likeness (QED) is 0.880. The number of benzene rings is 1. The number of hydrogen-bond acceptors (Lipinski definition) is 4. The Morgan fingerprint density at radius 1 is 1.40 bits per heavy atom. The van der Waals surface area contributed by atoms with Crippen molar-refractivity contribution >= 4 is 11.9 Å². The molecule has 0 radical (unpaired) electrons. The van der Waals surface area contributed by atoms with Gasteiger partial charge in [-0.3, -0.25) is 4.79 Å². The number of aliphatic carboxylic acids is 1. The maximum atomic E-state index is 12.3. The van der Waals surface area contributed by atoms with Gasteiger partial charge in [0.2, 0.25) is 0 Å². The summed E-state index contributed by atoms with van der Waals surface area (Å²) in [4.78, 5) is 24.7. The van der Waals surface area contributed by atoms with E-state index in [0.29, 0.717) is 18.7 Å². The summed E-state index contributed by atoms with van der Waals surface area (Å²) in [5, 5.41) is 8.93. The number of carboxylic acid groups (broad SMARTS) is 1. The van der Waals surface area contributed by atoms with Crippen molar-refractivity contribution in [2.45, 2.75) is 12.7 Å². The lowest BCUT2D eigenvalue weighted by molar-refractivity contribution is -0.154. The van der Waals surface area contributed by atoms with Gasteiger partial charge in [0.1, 0.15) is 0 Å². The van der Waals surface area contributed by atoms with Crippen molar-refractivity contribution in [2.24, 2.45) is 0 Å². The van der Waals surface area contributed by atoms with Crippen LogP contribution < -0.4 is 0 Å². The van der Waals surface area contributed by atoms with Crippen molar-refractivity contribution in [3.63, 3.8) is 0 Å². The first-order valence-electron chi connectivity index (χ1n) is 6.33. The lowest BCUT2D eigenvalue weighted by atomic mass is 10.1. The highest BCUT2D eigenvalue weighted by molar-refractivity contribution is 5.94. The summed E-state index contributed by atoms with van der Waals surface area (Å²) in [6, 6.07) is 7.10. The molecule has 1 fully saturated rings. The van der Waals surface area contributed by atoms with Gasteiger partial charge in [0.05, 0.1) is 19.8 Å². The van der Waals surface area contributed by atoms with Crippen LogP contribution in [0.4, 0.5) is 0 Å². The summed E-state index contributed by atoms with van der Waals surface area (Å²) in [7, 11) is 1.61. The molecule has 0 aliphatic carbocycles. The highest BCUT2D eigenvalue weighted by Gasteiger charge is 2.29. The largest absolute Gasteiger partial charge is 0.479 e. The average Bonchev–Trinajstić information content (AvgIpc) is 2.48. The summed E-state index contributed by atoms with van der Waals surface area (Å²) >= 11 is 0. The number of carboxylic acids is 1. The number of rotatable bonds is 4. The Balaban J connectivity index is 2.04. The molecular weight excluding hydrogens is 262 g/mol. The summed E-state index contributed by atoms with van der Waals surface area (Å²) < 4.78 is 10.1. The second-order valence-electron chi connectivity index (χ2n) is 4.58. The Kier molecular flexibility index (Phi) is 4.70. The molecule has 1 atom stereocenters. The van der Waals surface area contributed by atoms with E-state index in [-0.39, 0.29) is 19.1 Å². The number of methoxy groups -OCH3 is 1. The van der Waals surface area contributed by atoms with Gasteiger partial charge < -0.3 is 19.5 Å². The fraction of sp³-hybridized carbons (Fsp3) is 0.429. The van der Waals surface area contributed by atoms with Crippen molar-refractivity contribution in [1.82, 2.24) is 4.90 Å². The van der Waals surface area contributed by atoms with Crippen molar-refractivity contribution in [2.75, 3.05) is 26.8 Å². The zero-order valence-electron chi connectivity index (χ0n) is 11.2. The van der Waals surface area contributed by atoms with Gasteiger partial charge in [-0.05, 0) is 17.7 Å². The smallest absolute Gasteiger partial charge is 0.334 e. The lowest BCUT2D eigenvalue weighted by Crippen LogP contribution is -2.48. The minimum Gasteiger partial charge on any atom is -0.479 e. The van der Waals surface area contributed by atoms with Gasteiger partial charge >= 0.3 is 5.97 Å². The number of amides is 1. The van der Waals surface area contributed by atoms with Crippen LogP contribution in [-0.4, -0.2) is 54.8 Å². The Hall–Kier alpha value is -1.92. The standard InChI is InChI=1S/C14H17NO5/c1-19-9-10-2-4-11(5-3-10)13(16)15-6-7-20-12(8-15)14(17)18/h2-5,12H,6-9H2,1H3,(H,17,18). The van der Waals surface area contributed by atoms with Crippen LogP contribution in [0.1, 0.15) is 15.9 Å². The van der Waals surface area contributed by atoms with Crippen molar-refractivity contribution in [3.8, 4) is 0 Å². The van der Waals surface area contributed by atoms with E-state index < -0.39 is 12.1 Å². The van der Waals surface area contributed by atoms with Crippen LogP contribution in [0.25, 0.3) is 0 Å². The van der Waals surface area contributed by atoms with Crippen LogP contribution in [0, 0.1) is 0 Å². The van der Waals surface area contributed by atoms with E-state index in [0.717, 1.165) is 5.56 Å². The Bertz CT molecular complexity index is 485. The van der Waals surface area contributed by atoms with Crippen LogP contribution in [0.2, 0.25) is 0 Å². The molecule has 1 amide bonds. The molecular formula is C14H17NO5. The number of carbonyl (C=O) groups excluding carboxylic acids is 1. The van der Waals surface area contributed by atoms with E-state index in [4.69, 9.17) is 14.6 Å². The second kappa shape index (κ2) is 6.49. The molecule has 1 unspecified atom stereocenters. The average molecular weight is 279 g/mol. The summed E-state index contributed by atoms with van der Waals surface area (Å²) in [5.41, 5.74) is 1.52. The molecule has 1 aromatic carbocycles. The van der Waals surface area contributed by atoms with Gasteiger partial charge in [-0.15, -0.1) is 0 Å². The minimum absolute atomic E-state index is 0.0774. The van der Waals surface area contributed by atoms with E-state index in [1.165, 1.54) is 4.90 Å². The van der Waals surface area contributed by atoms with E-state index in [9.17, 15) is 9.59 Å². The van der Waals surface area contributed by atoms with Crippen LogP contribution >= 0.6 is 0 Å². The van der Waals surface area contributed by atoms with Crippen LogP contribution in [-0.2, 0) is 20.9 Å². The van der Waals surface area contributed by atoms with E-state index in [1.807, 2.05) is 12.1 Å². The Morgan fingerprint density at radius 3 is 2.70 bits per heavy atom. The number of ether oxygens (including phenoxy) is 2. The first kappa shape index (κ1) is 14.5. The molecule has 1 aliphatic heterocycles. The molecule has 2 rings (SSSR count). The zero-order chi connectivity index (χ0) is 14.5. The molecule has 0 saturated carbocycles. The van der Waals surface area contributed by atoms with Gasteiger partial charge in [0.15, 0.2) is 6.10 Å². The molecule has 0 aromatic heterocycles. The van der Waals surface area contributed by atoms with Crippen LogP contribution in [0.15, 0.2) is 24.3 Å². The second-order valence-corrected chi connectivity index (χ2v) is 4.58. The van der Waals surface area contributed by atoms with Crippen molar-refractivity contribution in [3.05, 3.63) is 35.4 Å². The van der Waals surface area contributed by atoms with Gasteiger partial charge in [0.25, 0.3) is 5.91 Å². The predicted octanol–water partition coefficient (Wildman–Crippen LogP) is 0.759. The number of nitrogens with zero attached hydrogens (tertiary/aromatic N) is 1. The molecule has 1 saturated heterocycles. The predicted molar refractivity (Wildman–Crippen MR) is 70.4 cm³/mol. The number of hydrogen-bond donors (Lipinski definition) is 1. The Labute approximate surface area is 116 Å². The van der Waals surface area contributed by atoms with Crippen LogP contribution in [0.5, 0.6) is 0 Å². The molecule has 20 heavy (non-hydrogen) atoms. The van der Waals surface area contributed by atoms with Crippen LogP contribution in [0.3, 0.4) is 0 Å². The first-order chi connectivity index (χ1) is 9.61. The lowest BCUT2D eigenvalue weighted by Gasteiger charge is -2.30. The minimum atomic E-state index is -1.04. The van der Waals surface area contributed by atoms with E-state index in [1.54, 1.807) is 19.2 Å². The molecule has 6 heteroatoms. The topological polar surface area (TPSA) is 76.1 Å². The third-order valence-corrected chi connectivity index (χ3v) is 3.14. The third kappa shape index (κ3) is 3.34. The summed E-state index contributed by atoms with van der Waals surface area (Å²) in [6.45, 7) is 1.22. The molecule has 0 spiro atoms. The molecule has 1 aromatic rings. The van der Waals surface area contributed by atoms with Crippen molar-refractivity contribution in [1.29, 1.82) is 0 Å². The molecule has 6 nitrogen and oxygen atoms in total. The molecule has 1 heterocycles. The normalized spacial score (nSPS) is 18.9. The molecule has 108 valence electrons. The van der Waals surface area contributed by atoms with Gasteiger partial charge in [-0.2, -0.15) is 0 Å². The summed E-state index contributed by atoms with van der Waals surface area (Å²) in [6.07, 6.45) is -0.944. The fourth-order valence-corrected chi connectivity index (χ4v) is 2.08. The molecule has 0 bridgehead atoms. The van der Waals surface area contributed by atoms with Gasteiger partial charge in [-0.25, -0.2) is 4.79 Å². The third-order valence-electron chi connectivity index (χ3n) is 3.14. The van der Waals surface area contributed by atoms with Gasteiger partial charge in [-0.1, -0.05) is 12.1 Å². The highest BCUT2D eigenvalue weighted by atomic mass is 16.5. The number of carbonyl (C=O) groups is 2. The van der Waals surface area contributed by atoms with Crippen molar-refractivity contribution < 1.29 is 24.2 Å². The maximum absolute atomic E-state index is 12.3. The summed E-state index contributed by atoms with van der Waals surface area (Å²) in [5.74, 6) is -1.22. The first-order valence-corrected chi connectivity index (χ1v) is 6.33. The SMILES string of the molecule is COCc1ccc(C(=O)N2CCOC(C(=O)O)C2)cc1. The van der Waals surface area contributed by atoms with E-state index >= 15 is 0 Å².